The predicted molar refractivity (Wildman–Crippen MR) is 143 cm³/mol. The third-order valence-corrected chi connectivity index (χ3v) is 6.23. The molecule has 0 unspecified atom stereocenters. The summed E-state index contributed by atoms with van der Waals surface area (Å²) in [5.74, 6) is -0.352. The summed E-state index contributed by atoms with van der Waals surface area (Å²) in [5, 5.41) is 1.29. The fourth-order valence-electron chi connectivity index (χ4n) is 4.44. The summed E-state index contributed by atoms with van der Waals surface area (Å²) in [5.41, 5.74) is 9.55. The molecule has 190 valence electrons. The van der Waals surface area contributed by atoms with Crippen molar-refractivity contribution < 1.29 is 14.3 Å². The van der Waals surface area contributed by atoms with Gasteiger partial charge in [-0.3, -0.25) is 9.80 Å². The van der Waals surface area contributed by atoms with Gasteiger partial charge in [-0.15, -0.1) is 0 Å². The van der Waals surface area contributed by atoms with E-state index in [2.05, 4.69) is 12.3 Å². The number of carbonyl (C=O) groups is 2. The zero-order chi connectivity index (χ0) is 25.6. The van der Waals surface area contributed by atoms with Crippen molar-refractivity contribution in [3.05, 3.63) is 108 Å². The average molecular weight is 488 g/mol. The Bertz CT molecular complexity index is 962. The topological polar surface area (TPSA) is 84.7 Å². The van der Waals surface area contributed by atoms with Crippen LogP contribution < -0.4 is 11.2 Å². The summed E-state index contributed by atoms with van der Waals surface area (Å²) in [6.07, 6.45) is 6.41. The highest BCUT2D eigenvalue weighted by Crippen LogP contribution is 2.40. The van der Waals surface area contributed by atoms with Crippen LogP contribution in [0.1, 0.15) is 62.1 Å². The fourth-order valence-corrected chi connectivity index (χ4v) is 4.44. The molecule has 3 aromatic carbocycles. The minimum absolute atomic E-state index is 0.241. The molecule has 6 nitrogen and oxygen atoms in total. The van der Waals surface area contributed by atoms with Gasteiger partial charge in [0.05, 0.1) is 0 Å². The Labute approximate surface area is 214 Å². The number of hydrogen-bond acceptors (Lipinski definition) is 3. The molecular formula is C30H37N3O3. The number of urea groups is 1. The largest absolute Gasteiger partial charge is 0.351 e. The maximum absolute atomic E-state index is 13.3. The lowest BCUT2D eigenvalue weighted by Crippen LogP contribution is -2.51. The Morgan fingerprint density at radius 3 is 1.64 bits per heavy atom. The number of carbonyl (C=O) groups excluding carboxylic acids is 2. The van der Waals surface area contributed by atoms with Gasteiger partial charge < -0.3 is 10.5 Å². The first-order valence-corrected chi connectivity index (χ1v) is 12.7. The van der Waals surface area contributed by atoms with Crippen LogP contribution in [0.3, 0.4) is 0 Å². The SMILES string of the molecule is CCCCCCCCN(NC(N)=O)C(=O)COC(c1ccccc1)(c1ccccc1)c1ccccc1. The molecule has 0 aromatic heterocycles. The Morgan fingerprint density at radius 2 is 1.19 bits per heavy atom. The van der Waals surface area contributed by atoms with Gasteiger partial charge >= 0.3 is 6.03 Å². The first-order valence-electron chi connectivity index (χ1n) is 12.7. The van der Waals surface area contributed by atoms with Gasteiger partial charge in [0, 0.05) is 6.54 Å². The highest BCUT2D eigenvalue weighted by Gasteiger charge is 2.38. The van der Waals surface area contributed by atoms with Gasteiger partial charge in [0.15, 0.2) is 0 Å². The molecule has 3 N–H and O–H groups in total. The Balaban J connectivity index is 1.87. The second-order valence-corrected chi connectivity index (χ2v) is 8.86. The van der Waals surface area contributed by atoms with Crippen LogP contribution in [0.2, 0.25) is 0 Å². The number of ether oxygens (including phenoxy) is 1. The molecule has 0 heterocycles. The third-order valence-electron chi connectivity index (χ3n) is 6.23. The number of nitrogens with two attached hydrogens (primary N) is 1. The Hall–Kier alpha value is -3.64. The second kappa shape index (κ2) is 14.0. The van der Waals surface area contributed by atoms with Crippen LogP contribution in [0, 0.1) is 0 Å². The van der Waals surface area contributed by atoms with Crippen molar-refractivity contribution in [2.75, 3.05) is 13.2 Å². The van der Waals surface area contributed by atoms with Gasteiger partial charge in [-0.2, -0.15) is 0 Å². The van der Waals surface area contributed by atoms with Crippen molar-refractivity contribution in [3.8, 4) is 0 Å². The van der Waals surface area contributed by atoms with Crippen LogP contribution in [0.4, 0.5) is 4.79 Å². The van der Waals surface area contributed by atoms with Crippen molar-refractivity contribution in [2.45, 2.75) is 51.0 Å². The molecule has 0 saturated heterocycles. The smallest absolute Gasteiger partial charge is 0.331 e. The zero-order valence-corrected chi connectivity index (χ0v) is 21.1. The van der Waals surface area contributed by atoms with Gasteiger partial charge in [0.25, 0.3) is 5.91 Å². The van der Waals surface area contributed by atoms with Gasteiger partial charge in [-0.25, -0.2) is 10.2 Å². The first kappa shape index (κ1) is 27.0. The van der Waals surface area contributed by atoms with Crippen molar-refractivity contribution in [3.63, 3.8) is 0 Å². The van der Waals surface area contributed by atoms with E-state index in [4.69, 9.17) is 10.5 Å². The lowest BCUT2D eigenvalue weighted by molar-refractivity contribution is -0.142. The van der Waals surface area contributed by atoms with Crippen molar-refractivity contribution >= 4 is 11.9 Å². The highest BCUT2D eigenvalue weighted by molar-refractivity contribution is 5.81. The standard InChI is InChI=1S/C30H37N3O3/c1-2-3-4-5-6-16-23-33(32-29(31)35)28(34)24-36-30(25-17-10-7-11-18-25,26-19-12-8-13-20-26)27-21-14-9-15-22-27/h7-15,17-22H,2-6,16,23-24H2,1H3,(H3,31,32,35). The number of hydrogen-bond donors (Lipinski definition) is 2. The summed E-state index contributed by atoms with van der Waals surface area (Å²) >= 11 is 0. The number of amides is 3. The maximum atomic E-state index is 13.3. The van der Waals surface area contributed by atoms with E-state index in [1.165, 1.54) is 24.3 Å². The molecule has 3 aromatic rings. The monoisotopic (exact) mass is 487 g/mol. The number of nitrogens with one attached hydrogen (secondary N) is 1. The van der Waals surface area contributed by atoms with E-state index in [1.54, 1.807) is 0 Å². The van der Waals surface area contributed by atoms with Crippen molar-refractivity contribution in [1.29, 1.82) is 0 Å². The molecule has 36 heavy (non-hydrogen) atoms. The van der Waals surface area contributed by atoms with Gasteiger partial charge in [-0.05, 0) is 23.1 Å². The van der Waals surface area contributed by atoms with E-state index in [0.29, 0.717) is 6.54 Å². The van der Waals surface area contributed by atoms with Gasteiger partial charge in [-0.1, -0.05) is 130 Å². The molecular weight excluding hydrogens is 450 g/mol. The lowest BCUT2D eigenvalue weighted by Gasteiger charge is -2.36. The second-order valence-electron chi connectivity index (χ2n) is 8.86. The molecule has 0 aliphatic carbocycles. The molecule has 0 atom stereocenters. The van der Waals surface area contributed by atoms with E-state index in [-0.39, 0.29) is 12.5 Å². The zero-order valence-electron chi connectivity index (χ0n) is 21.1. The number of rotatable bonds is 13. The molecule has 0 spiro atoms. The molecule has 0 aliphatic rings. The van der Waals surface area contributed by atoms with Gasteiger partial charge in [0.2, 0.25) is 0 Å². The number of nitrogens with zero attached hydrogens (tertiary/aromatic N) is 1. The average Bonchev–Trinajstić information content (AvgIpc) is 2.92. The normalized spacial score (nSPS) is 11.1. The van der Waals surface area contributed by atoms with Crippen LogP contribution in [0.25, 0.3) is 0 Å². The predicted octanol–water partition coefficient (Wildman–Crippen LogP) is 5.77. The van der Waals surface area contributed by atoms with Crippen molar-refractivity contribution in [2.24, 2.45) is 5.73 Å². The Kier molecular flexibility index (Phi) is 10.5. The maximum Gasteiger partial charge on any atom is 0.331 e. The molecule has 0 radical (unpaired) electrons. The molecule has 0 bridgehead atoms. The summed E-state index contributed by atoms with van der Waals surface area (Å²) in [6, 6.07) is 28.8. The first-order chi connectivity index (χ1) is 17.6. The molecule has 0 fully saturated rings. The molecule has 3 amide bonds. The molecule has 3 rings (SSSR count). The summed E-state index contributed by atoms with van der Waals surface area (Å²) in [7, 11) is 0. The number of hydrazine groups is 1. The fraction of sp³-hybridized carbons (Fsp3) is 0.333. The quantitative estimate of drug-likeness (QED) is 0.182. The summed E-state index contributed by atoms with van der Waals surface area (Å²) in [4.78, 5) is 24.9. The van der Waals surface area contributed by atoms with E-state index in [0.717, 1.165) is 36.0 Å². The van der Waals surface area contributed by atoms with Crippen LogP contribution >= 0.6 is 0 Å². The van der Waals surface area contributed by atoms with E-state index in [1.807, 2.05) is 91.0 Å². The van der Waals surface area contributed by atoms with E-state index < -0.39 is 11.6 Å². The minimum atomic E-state index is -1.02. The summed E-state index contributed by atoms with van der Waals surface area (Å²) in [6.45, 7) is 2.32. The molecule has 0 aliphatic heterocycles. The Morgan fingerprint density at radius 1 is 0.750 bits per heavy atom. The van der Waals surface area contributed by atoms with Crippen LogP contribution in [-0.4, -0.2) is 30.1 Å². The van der Waals surface area contributed by atoms with E-state index in [9.17, 15) is 9.59 Å². The van der Waals surface area contributed by atoms with Crippen molar-refractivity contribution in [1.82, 2.24) is 10.4 Å². The van der Waals surface area contributed by atoms with E-state index >= 15 is 0 Å². The van der Waals surface area contributed by atoms with Crippen LogP contribution in [0.5, 0.6) is 0 Å². The van der Waals surface area contributed by atoms with Crippen LogP contribution in [0.15, 0.2) is 91.0 Å². The number of benzene rings is 3. The minimum Gasteiger partial charge on any atom is -0.351 e. The summed E-state index contributed by atoms with van der Waals surface area (Å²) < 4.78 is 6.59. The third kappa shape index (κ3) is 7.18. The highest BCUT2D eigenvalue weighted by atomic mass is 16.5. The molecule has 6 heteroatoms. The molecule has 0 saturated carbocycles. The number of primary amides is 1. The lowest BCUT2D eigenvalue weighted by atomic mass is 9.80. The van der Waals surface area contributed by atoms with Crippen LogP contribution in [-0.2, 0) is 15.1 Å². The number of unbranched alkanes of at least 4 members (excludes halogenated alkanes) is 5. The van der Waals surface area contributed by atoms with Gasteiger partial charge in [0.1, 0.15) is 12.2 Å².